The highest BCUT2D eigenvalue weighted by Gasteiger charge is 2.18. The third-order valence-electron chi connectivity index (χ3n) is 4.25. The Morgan fingerprint density at radius 2 is 2.10 bits per heavy atom. The van der Waals surface area contributed by atoms with Crippen molar-refractivity contribution >= 4 is 11.7 Å². The van der Waals surface area contributed by atoms with Gasteiger partial charge >= 0.3 is 6.03 Å². The number of nitrogens with zero attached hydrogens (tertiary/aromatic N) is 2. The molecule has 0 spiro atoms. The molecule has 1 aliphatic heterocycles. The Hall–Kier alpha value is -1.56. The quantitative estimate of drug-likeness (QED) is 0.896. The van der Waals surface area contributed by atoms with E-state index in [9.17, 15) is 4.79 Å². The van der Waals surface area contributed by atoms with E-state index in [0.29, 0.717) is 6.04 Å². The van der Waals surface area contributed by atoms with Gasteiger partial charge in [-0.2, -0.15) is 5.10 Å². The van der Waals surface area contributed by atoms with Crippen LogP contribution in [0.5, 0.6) is 0 Å². The summed E-state index contributed by atoms with van der Waals surface area (Å²) < 4.78 is 7.55. The molecular weight excluding hydrogens is 268 g/mol. The zero-order valence-electron chi connectivity index (χ0n) is 12.4. The summed E-state index contributed by atoms with van der Waals surface area (Å²) in [4.78, 5) is 11.9. The fraction of sp³-hybridized carbons (Fsp3) is 0.733. The number of amides is 2. The predicted octanol–water partition coefficient (Wildman–Crippen LogP) is 2.52. The van der Waals surface area contributed by atoms with Crippen LogP contribution in [0.1, 0.15) is 44.9 Å². The monoisotopic (exact) mass is 292 g/mol. The molecule has 2 aliphatic rings. The number of urea groups is 1. The third kappa shape index (κ3) is 4.20. The maximum Gasteiger partial charge on any atom is 0.319 e. The van der Waals surface area contributed by atoms with Crippen molar-refractivity contribution in [3.63, 3.8) is 0 Å². The first-order chi connectivity index (χ1) is 10.3. The Bertz CT molecular complexity index is 462. The summed E-state index contributed by atoms with van der Waals surface area (Å²) >= 11 is 0. The fourth-order valence-electron chi connectivity index (χ4n) is 3.11. The van der Waals surface area contributed by atoms with Gasteiger partial charge in [-0.25, -0.2) is 4.79 Å². The highest BCUT2D eigenvalue weighted by Crippen LogP contribution is 2.18. The summed E-state index contributed by atoms with van der Waals surface area (Å²) in [5.74, 6) is 0. The van der Waals surface area contributed by atoms with Gasteiger partial charge in [-0.3, -0.25) is 4.68 Å². The number of ether oxygens (including phenoxy) is 1. The molecule has 6 heteroatoms. The summed E-state index contributed by atoms with van der Waals surface area (Å²) in [5.41, 5.74) is 0.737. The SMILES string of the molecule is O=C(Nc1cnn(C[C@@H]2CCCCO2)c1)NC1CCCC1. The molecule has 2 amide bonds. The Kier molecular flexibility index (Phi) is 4.75. The first kappa shape index (κ1) is 14.4. The van der Waals surface area contributed by atoms with Crippen LogP contribution in [0.25, 0.3) is 0 Å². The summed E-state index contributed by atoms with van der Waals surface area (Å²) in [6, 6.07) is 0.200. The second-order valence-corrected chi connectivity index (χ2v) is 6.02. The molecule has 1 aromatic heterocycles. The van der Waals surface area contributed by atoms with Crippen molar-refractivity contribution in [2.24, 2.45) is 0 Å². The van der Waals surface area contributed by atoms with Crippen LogP contribution in [-0.2, 0) is 11.3 Å². The zero-order valence-corrected chi connectivity index (χ0v) is 12.4. The van der Waals surface area contributed by atoms with Gasteiger partial charge in [-0.15, -0.1) is 0 Å². The van der Waals surface area contributed by atoms with Gasteiger partial charge in [0.2, 0.25) is 0 Å². The van der Waals surface area contributed by atoms with E-state index >= 15 is 0 Å². The molecule has 0 aromatic carbocycles. The fourth-order valence-corrected chi connectivity index (χ4v) is 3.11. The Morgan fingerprint density at radius 1 is 1.29 bits per heavy atom. The Morgan fingerprint density at radius 3 is 2.86 bits per heavy atom. The first-order valence-corrected chi connectivity index (χ1v) is 8.01. The van der Waals surface area contributed by atoms with E-state index in [0.717, 1.165) is 44.5 Å². The van der Waals surface area contributed by atoms with E-state index in [4.69, 9.17) is 4.74 Å². The minimum atomic E-state index is -0.129. The van der Waals surface area contributed by atoms with E-state index in [-0.39, 0.29) is 12.1 Å². The highest BCUT2D eigenvalue weighted by molar-refractivity contribution is 5.89. The summed E-state index contributed by atoms with van der Waals surface area (Å²) in [7, 11) is 0. The predicted molar refractivity (Wildman–Crippen MR) is 80.2 cm³/mol. The molecule has 1 saturated carbocycles. The third-order valence-corrected chi connectivity index (χ3v) is 4.25. The van der Waals surface area contributed by atoms with Crippen LogP contribution >= 0.6 is 0 Å². The lowest BCUT2D eigenvalue weighted by atomic mass is 10.1. The van der Waals surface area contributed by atoms with Crippen LogP contribution in [0.3, 0.4) is 0 Å². The van der Waals surface area contributed by atoms with Crippen LogP contribution in [0.4, 0.5) is 10.5 Å². The second kappa shape index (κ2) is 6.93. The highest BCUT2D eigenvalue weighted by atomic mass is 16.5. The standard InChI is InChI=1S/C15H24N4O2/c20-15(17-12-5-1-2-6-12)18-13-9-16-19(10-13)11-14-7-3-4-8-21-14/h9-10,12,14H,1-8,11H2,(H2,17,18,20)/t14-/m0/s1. The van der Waals surface area contributed by atoms with Gasteiger partial charge < -0.3 is 15.4 Å². The van der Waals surface area contributed by atoms with Crippen molar-refractivity contribution in [3.05, 3.63) is 12.4 Å². The molecule has 2 heterocycles. The molecule has 3 rings (SSSR count). The minimum absolute atomic E-state index is 0.129. The van der Waals surface area contributed by atoms with Crippen molar-refractivity contribution in [1.29, 1.82) is 0 Å². The lowest BCUT2D eigenvalue weighted by Gasteiger charge is -2.22. The van der Waals surface area contributed by atoms with Gasteiger partial charge in [-0.05, 0) is 32.1 Å². The number of hydrogen-bond donors (Lipinski definition) is 2. The van der Waals surface area contributed by atoms with Crippen LogP contribution in [-0.4, -0.2) is 34.6 Å². The molecule has 6 nitrogen and oxygen atoms in total. The molecule has 116 valence electrons. The summed E-state index contributed by atoms with van der Waals surface area (Å²) in [6.45, 7) is 1.60. The van der Waals surface area contributed by atoms with Gasteiger partial charge in [0, 0.05) is 18.8 Å². The van der Waals surface area contributed by atoms with Crippen molar-refractivity contribution in [1.82, 2.24) is 15.1 Å². The van der Waals surface area contributed by atoms with Crippen molar-refractivity contribution in [2.45, 2.75) is 63.6 Å². The van der Waals surface area contributed by atoms with E-state index in [1.807, 2.05) is 10.9 Å². The maximum absolute atomic E-state index is 11.9. The molecule has 0 radical (unpaired) electrons. The number of aromatic nitrogens is 2. The average molecular weight is 292 g/mol. The molecule has 0 unspecified atom stereocenters. The molecule has 2 N–H and O–H groups in total. The number of hydrogen-bond acceptors (Lipinski definition) is 3. The molecular formula is C15H24N4O2. The minimum Gasteiger partial charge on any atom is -0.376 e. The van der Waals surface area contributed by atoms with Gasteiger partial charge in [0.05, 0.1) is 24.5 Å². The van der Waals surface area contributed by atoms with Crippen molar-refractivity contribution in [2.75, 3.05) is 11.9 Å². The Labute approximate surface area is 125 Å². The molecule has 0 bridgehead atoms. The molecule has 1 aliphatic carbocycles. The maximum atomic E-state index is 11.9. The van der Waals surface area contributed by atoms with Crippen LogP contribution in [0.2, 0.25) is 0 Å². The molecule has 1 saturated heterocycles. The van der Waals surface area contributed by atoms with E-state index in [2.05, 4.69) is 15.7 Å². The van der Waals surface area contributed by atoms with Gasteiger partial charge in [0.15, 0.2) is 0 Å². The largest absolute Gasteiger partial charge is 0.376 e. The van der Waals surface area contributed by atoms with Crippen LogP contribution in [0.15, 0.2) is 12.4 Å². The van der Waals surface area contributed by atoms with Crippen molar-refractivity contribution < 1.29 is 9.53 Å². The summed E-state index contributed by atoms with van der Waals surface area (Å²) in [5, 5.41) is 10.1. The van der Waals surface area contributed by atoms with E-state index < -0.39 is 0 Å². The summed E-state index contributed by atoms with van der Waals surface area (Å²) in [6.07, 6.45) is 11.9. The van der Waals surface area contributed by atoms with Crippen LogP contribution in [0, 0.1) is 0 Å². The van der Waals surface area contributed by atoms with E-state index in [1.54, 1.807) is 6.20 Å². The molecule has 2 fully saturated rings. The number of anilines is 1. The first-order valence-electron chi connectivity index (χ1n) is 8.01. The normalized spacial score (nSPS) is 23.1. The number of rotatable bonds is 4. The number of carbonyl (C=O) groups is 1. The van der Waals surface area contributed by atoms with Gasteiger partial charge in [0.1, 0.15) is 0 Å². The second-order valence-electron chi connectivity index (χ2n) is 6.02. The zero-order chi connectivity index (χ0) is 14.5. The lowest BCUT2D eigenvalue weighted by Crippen LogP contribution is -2.36. The van der Waals surface area contributed by atoms with E-state index in [1.165, 1.54) is 19.3 Å². The van der Waals surface area contributed by atoms with Gasteiger partial charge in [0.25, 0.3) is 0 Å². The average Bonchev–Trinajstić information content (AvgIpc) is 3.12. The Balaban J connectivity index is 1.46. The number of nitrogens with one attached hydrogen (secondary N) is 2. The van der Waals surface area contributed by atoms with Crippen molar-refractivity contribution in [3.8, 4) is 0 Å². The topological polar surface area (TPSA) is 68.2 Å². The molecule has 1 atom stereocenters. The smallest absolute Gasteiger partial charge is 0.319 e. The number of carbonyl (C=O) groups excluding carboxylic acids is 1. The molecule has 21 heavy (non-hydrogen) atoms. The lowest BCUT2D eigenvalue weighted by molar-refractivity contribution is 0.00401. The van der Waals surface area contributed by atoms with Gasteiger partial charge in [-0.1, -0.05) is 12.8 Å². The van der Waals surface area contributed by atoms with Crippen LogP contribution < -0.4 is 10.6 Å². The molecule has 1 aromatic rings.